The standard InChI is InChI=1S/C9H11NO2/c1-3-6-10-7-4-5-8(2)9(11)12/h4-5H,2-3,6H2,1H3. The van der Waals surface area contributed by atoms with Gasteiger partial charge in [-0.05, 0) is 11.6 Å². The van der Waals surface area contributed by atoms with Gasteiger partial charge in [0.25, 0.3) is 6.54 Å². The first-order valence-electron chi connectivity index (χ1n) is 3.67. The summed E-state index contributed by atoms with van der Waals surface area (Å²) in [7, 11) is 0. The Morgan fingerprint density at radius 1 is 1.75 bits per heavy atom. The van der Waals surface area contributed by atoms with Crippen LogP contribution < -0.4 is 5.11 Å². The minimum Gasteiger partial charge on any atom is -0.545 e. The number of nitrogens with zero attached hydrogens (tertiary/aromatic N) is 1. The average molecular weight is 165 g/mol. The number of carbonyl (C=O) groups is 1. The minimum atomic E-state index is -1.27. The molecule has 0 spiro atoms. The third-order valence-electron chi connectivity index (χ3n) is 1.05. The van der Waals surface area contributed by atoms with Crippen LogP contribution in [0.4, 0.5) is 0 Å². The Morgan fingerprint density at radius 3 is 2.92 bits per heavy atom. The van der Waals surface area contributed by atoms with Crippen molar-refractivity contribution in [2.24, 2.45) is 0 Å². The molecule has 0 unspecified atom stereocenters. The lowest BCUT2D eigenvalue weighted by atomic mass is 10.3. The summed E-state index contributed by atoms with van der Waals surface area (Å²) in [5, 5.41) is 10.1. The van der Waals surface area contributed by atoms with Gasteiger partial charge in [-0.25, -0.2) is 0 Å². The van der Waals surface area contributed by atoms with Crippen molar-refractivity contribution < 1.29 is 9.90 Å². The Kier molecular flexibility index (Phi) is 5.37. The van der Waals surface area contributed by atoms with E-state index in [-0.39, 0.29) is 5.57 Å². The Hall–Kier alpha value is -1.56. The van der Waals surface area contributed by atoms with Gasteiger partial charge < -0.3 is 9.90 Å². The van der Waals surface area contributed by atoms with E-state index < -0.39 is 5.97 Å². The molecule has 3 heteroatoms. The summed E-state index contributed by atoms with van der Waals surface area (Å²) < 4.78 is 0. The summed E-state index contributed by atoms with van der Waals surface area (Å²) in [6.07, 6.45) is 3.66. The maximum atomic E-state index is 10.1. The monoisotopic (exact) mass is 165 g/mol. The van der Waals surface area contributed by atoms with Crippen LogP contribution >= 0.6 is 0 Å². The molecule has 0 aromatic rings. The number of aliphatic carboxylic acids is 1. The van der Waals surface area contributed by atoms with E-state index in [1.165, 1.54) is 12.2 Å². The predicted molar refractivity (Wildman–Crippen MR) is 45.7 cm³/mol. The highest BCUT2D eigenvalue weighted by Crippen LogP contribution is 1.88. The summed E-state index contributed by atoms with van der Waals surface area (Å²) in [5.41, 5.74) is -0.0748. The summed E-state index contributed by atoms with van der Waals surface area (Å²) in [6.45, 7) is 5.93. The van der Waals surface area contributed by atoms with Gasteiger partial charge in [0, 0.05) is 6.42 Å². The van der Waals surface area contributed by atoms with Crippen LogP contribution in [0.25, 0.3) is 4.85 Å². The fourth-order valence-electron chi connectivity index (χ4n) is 0.435. The first-order chi connectivity index (χ1) is 5.68. The van der Waals surface area contributed by atoms with E-state index in [0.717, 1.165) is 6.42 Å². The molecule has 0 fully saturated rings. The number of carbonyl (C=O) groups excluding carboxylic acids is 1. The van der Waals surface area contributed by atoms with E-state index in [2.05, 4.69) is 17.5 Å². The van der Waals surface area contributed by atoms with Crippen molar-refractivity contribution in [2.45, 2.75) is 13.3 Å². The molecule has 0 N–H and O–H groups in total. The largest absolute Gasteiger partial charge is 0.545 e. The molecule has 0 atom stereocenters. The van der Waals surface area contributed by atoms with Crippen LogP contribution in [-0.4, -0.2) is 12.5 Å². The third kappa shape index (κ3) is 5.24. The highest BCUT2D eigenvalue weighted by Gasteiger charge is 1.86. The zero-order valence-electron chi connectivity index (χ0n) is 7.04. The van der Waals surface area contributed by atoms with Crippen molar-refractivity contribution in [3.63, 3.8) is 0 Å². The Morgan fingerprint density at radius 2 is 2.42 bits per heavy atom. The molecular formula is C9H11NO2. The van der Waals surface area contributed by atoms with Crippen LogP contribution in [0.15, 0.2) is 24.3 Å². The molecule has 0 aromatic heterocycles. The van der Waals surface area contributed by atoms with Crippen molar-refractivity contribution in [2.75, 3.05) is 6.54 Å². The molecule has 0 aliphatic carbocycles. The van der Waals surface area contributed by atoms with E-state index in [4.69, 9.17) is 0 Å². The van der Waals surface area contributed by atoms with Gasteiger partial charge in [0.2, 0.25) is 0 Å². The molecule has 0 rings (SSSR count). The predicted octanol–water partition coefficient (Wildman–Crippen LogP) is 0.592. The van der Waals surface area contributed by atoms with Crippen molar-refractivity contribution >= 4 is 5.97 Å². The summed E-state index contributed by atoms with van der Waals surface area (Å²) in [6, 6.07) is 2.56. The fourth-order valence-corrected chi connectivity index (χ4v) is 0.435. The van der Waals surface area contributed by atoms with Gasteiger partial charge in [-0.3, -0.25) is 0 Å². The fraction of sp³-hybridized carbons (Fsp3) is 0.333. The molecule has 0 aliphatic heterocycles. The third-order valence-corrected chi connectivity index (χ3v) is 1.05. The van der Waals surface area contributed by atoms with Crippen LogP contribution in [0.1, 0.15) is 13.3 Å². The molecule has 0 heterocycles. The second-order valence-corrected chi connectivity index (χ2v) is 2.16. The van der Waals surface area contributed by atoms with Crippen molar-refractivity contribution in [1.29, 1.82) is 0 Å². The molecule has 0 saturated carbocycles. The molecule has 0 bridgehead atoms. The molecule has 12 heavy (non-hydrogen) atoms. The first kappa shape index (κ1) is 10.4. The summed E-state index contributed by atoms with van der Waals surface area (Å²) >= 11 is 0. The molecule has 0 aliphatic rings. The molecule has 0 amide bonds. The van der Waals surface area contributed by atoms with Crippen LogP contribution in [0.2, 0.25) is 0 Å². The highest BCUT2D eigenvalue weighted by atomic mass is 16.4. The maximum Gasteiger partial charge on any atom is 0.303 e. The number of carboxylic acids is 1. The molecule has 0 saturated heterocycles. The van der Waals surface area contributed by atoms with Gasteiger partial charge in [0.15, 0.2) is 0 Å². The van der Waals surface area contributed by atoms with Crippen LogP contribution in [0.3, 0.4) is 0 Å². The van der Waals surface area contributed by atoms with E-state index in [9.17, 15) is 9.90 Å². The van der Waals surface area contributed by atoms with Gasteiger partial charge in [-0.1, -0.05) is 18.3 Å². The zero-order valence-corrected chi connectivity index (χ0v) is 7.04. The maximum absolute atomic E-state index is 10.1. The van der Waals surface area contributed by atoms with Crippen LogP contribution in [0, 0.1) is 6.07 Å². The van der Waals surface area contributed by atoms with E-state index in [1.807, 2.05) is 6.92 Å². The number of rotatable bonds is 3. The van der Waals surface area contributed by atoms with Crippen molar-refractivity contribution in [3.8, 4) is 6.07 Å². The van der Waals surface area contributed by atoms with E-state index in [0.29, 0.717) is 6.54 Å². The number of carboxylic acid groups (broad SMARTS) is 1. The molecule has 0 radical (unpaired) electrons. The molecule has 0 aromatic carbocycles. The van der Waals surface area contributed by atoms with E-state index >= 15 is 0 Å². The number of allylic oxidation sites excluding steroid dienone is 1. The lowest BCUT2D eigenvalue weighted by molar-refractivity contribution is -0.298. The smallest absolute Gasteiger partial charge is 0.303 e. The van der Waals surface area contributed by atoms with E-state index in [1.54, 1.807) is 0 Å². The lowest BCUT2D eigenvalue weighted by Gasteiger charge is -1.95. The first-order valence-corrected chi connectivity index (χ1v) is 3.67. The normalized spacial score (nSPS) is 9.08. The number of hydrogen-bond acceptors (Lipinski definition) is 2. The average Bonchev–Trinajstić information content (AvgIpc) is 2.03. The highest BCUT2D eigenvalue weighted by molar-refractivity contribution is 5.87. The van der Waals surface area contributed by atoms with Gasteiger partial charge in [0.1, 0.15) is 0 Å². The Labute approximate surface area is 71.8 Å². The second kappa shape index (κ2) is 6.17. The van der Waals surface area contributed by atoms with Gasteiger partial charge in [0.05, 0.1) is 12.0 Å². The Balaban J connectivity index is 3.86. The number of hydrogen-bond donors (Lipinski definition) is 0. The van der Waals surface area contributed by atoms with Gasteiger partial charge in [-0.2, -0.15) is 0 Å². The Bertz CT molecular complexity index is 255. The minimum absolute atomic E-state index is 0.0748. The molecule has 3 nitrogen and oxygen atoms in total. The van der Waals surface area contributed by atoms with Crippen molar-refractivity contribution in [3.05, 3.63) is 29.1 Å². The zero-order chi connectivity index (χ0) is 9.40. The molecular weight excluding hydrogens is 154 g/mol. The quantitative estimate of drug-likeness (QED) is 0.349. The summed E-state index contributed by atoms with van der Waals surface area (Å²) in [4.78, 5) is 13.9. The topological polar surface area (TPSA) is 44.5 Å². The van der Waals surface area contributed by atoms with Crippen LogP contribution in [-0.2, 0) is 4.79 Å². The van der Waals surface area contributed by atoms with Crippen molar-refractivity contribution in [1.82, 2.24) is 0 Å². The van der Waals surface area contributed by atoms with Gasteiger partial charge >= 0.3 is 6.07 Å². The van der Waals surface area contributed by atoms with Crippen LogP contribution in [0.5, 0.6) is 0 Å². The second-order valence-electron chi connectivity index (χ2n) is 2.16. The molecule has 64 valence electrons. The summed E-state index contributed by atoms with van der Waals surface area (Å²) in [5.74, 6) is -1.27. The van der Waals surface area contributed by atoms with Gasteiger partial charge in [-0.15, -0.1) is 0 Å². The lowest BCUT2D eigenvalue weighted by Crippen LogP contribution is -2.22. The SMILES string of the molecule is C=C(C=CC#[N+]CCC)C(=O)[O-].